The SMILES string of the molecule is Cc1csc(-c2cc(S(=O)(=O)NCc3cccs3)c(C)s2)n1. The van der Waals surface area contributed by atoms with Gasteiger partial charge in [0.15, 0.2) is 0 Å². The summed E-state index contributed by atoms with van der Waals surface area (Å²) in [5.74, 6) is 0. The molecule has 3 heterocycles. The van der Waals surface area contributed by atoms with E-state index in [0.717, 1.165) is 25.3 Å². The summed E-state index contributed by atoms with van der Waals surface area (Å²) in [6, 6.07) is 5.54. The molecule has 0 aromatic carbocycles. The summed E-state index contributed by atoms with van der Waals surface area (Å²) in [7, 11) is -3.50. The van der Waals surface area contributed by atoms with Gasteiger partial charge in [-0.25, -0.2) is 18.1 Å². The number of nitrogens with zero attached hydrogens (tertiary/aromatic N) is 1. The number of hydrogen-bond acceptors (Lipinski definition) is 6. The van der Waals surface area contributed by atoms with Crippen molar-refractivity contribution in [2.75, 3.05) is 0 Å². The zero-order valence-electron chi connectivity index (χ0n) is 12.0. The van der Waals surface area contributed by atoms with Crippen molar-refractivity contribution in [3.63, 3.8) is 0 Å². The first-order chi connectivity index (χ1) is 10.5. The van der Waals surface area contributed by atoms with E-state index < -0.39 is 10.0 Å². The van der Waals surface area contributed by atoms with Crippen LogP contribution >= 0.6 is 34.0 Å². The molecule has 3 aromatic rings. The van der Waals surface area contributed by atoms with Crippen LogP contribution in [0.4, 0.5) is 0 Å². The van der Waals surface area contributed by atoms with Crippen LogP contribution in [0.15, 0.2) is 33.9 Å². The smallest absolute Gasteiger partial charge is 0.241 e. The third kappa shape index (κ3) is 3.31. The molecule has 116 valence electrons. The molecule has 0 atom stereocenters. The summed E-state index contributed by atoms with van der Waals surface area (Å²) in [6.07, 6.45) is 0. The molecule has 8 heteroatoms. The Labute approximate surface area is 141 Å². The first kappa shape index (κ1) is 15.8. The minimum absolute atomic E-state index is 0.320. The molecule has 0 aliphatic carbocycles. The van der Waals surface area contributed by atoms with Crippen LogP contribution in [0.5, 0.6) is 0 Å². The topological polar surface area (TPSA) is 59.1 Å². The highest BCUT2D eigenvalue weighted by atomic mass is 32.2. The second-order valence-electron chi connectivity index (χ2n) is 4.73. The van der Waals surface area contributed by atoms with Crippen molar-refractivity contribution in [2.24, 2.45) is 0 Å². The molecule has 4 nitrogen and oxygen atoms in total. The highest BCUT2D eigenvalue weighted by Crippen LogP contribution is 2.35. The molecule has 1 N–H and O–H groups in total. The maximum Gasteiger partial charge on any atom is 0.242 e. The second-order valence-corrected chi connectivity index (χ2v) is 9.61. The molecule has 0 saturated carbocycles. The number of rotatable bonds is 5. The van der Waals surface area contributed by atoms with Crippen LogP contribution in [0.1, 0.15) is 15.4 Å². The number of aryl methyl sites for hydroxylation is 2. The fraction of sp³-hybridized carbons (Fsp3) is 0.214. The van der Waals surface area contributed by atoms with Gasteiger partial charge in [-0.2, -0.15) is 0 Å². The third-order valence-electron chi connectivity index (χ3n) is 3.01. The third-order valence-corrected chi connectivity index (χ3v) is 7.72. The molecule has 3 aromatic heterocycles. The molecular weight excluding hydrogens is 356 g/mol. The van der Waals surface area contributed by atoms with Gasteiger partial charge in [-0.3, -0.25) is 0 Å². The Morgan fingerprint density at radius 1 is 1.27 bits per heavy atom. The lowest BCUT2D eigenvalue weighted by atomic mass is 10.4. The van der Waals surface area contributed by atoms with E-state index in [0.29, 0.717) is 11.4 Å². The number of thiazole rings is 1. The number of thiophene rings is 2. The van der Waals surface area contributed by atoms with Crippen molar-refractivity contribution in [3.8, 4) is 9.88 Å². The normalized spacial score (nSPS) is 11.9. The van der Waals surface area contributed by atoms with Gasteiger partial charge >= 0.3 is 0 Å². The zero-order chi connectivity index (χ0) is 15.7. The zero-order valence-corrected chi connectivity index (χ0v) is 15.3. The summed E-state index contributed by atoms with van der Waals surface area (Å²) in [5, 5.41) is 4.76. The van der Waals surface area contributed by atoms with E-state index in [1.807, 2.05) is 36.7 Å². The van der Waals surface area contributed by atoms with E-state index in [2.05, 4.69) is 9.71 Å². The van der Waals surface area contributed by atoms with Gasteiger partial charge in [0.25, 0.3) is 0 Å². The molecule has 22 heavy (non-hydrogen) atoms. The summed E-state index contributed by atoms with van der Waals surface area (Å²) in [4.78, 5) is 7.43. The Morgan fingerprint density at radius 3 is 2.73 bits per heavy atom. The minimum atomic E-state index is -3.50. The molecule has 0 unspecified atom stereocenters. The molecule has 0 spiro atoms. The number of nitrogens with one attached hydrogen (secondary N) is 1. The van der Waals surface area contributed by atoms with Gasteiger partial charge in [-0.15, -0.1) is 34.0 Å². The molecule has 0 aliphatic heterocycles. The average molecular weight is 371 g/mol. The van der Waals surface area contributed by atoms with E-state index in [1.54, 1.807) is 6.07 Å². The van der Waals surface area contributed by atoms with Gasteiger partial charge in [-0.05, 0) is 31.4 Å². The van der Waals surface area contributed by atoms with E-state index in [1.165, 1.54) is 34.0 Å². The Bertz CT molecular complexity index is 876. The van der Waals surface area contributed by atoms with Crippen molar-refractivity contribution in [3.05, 3.63) is 44.4 Å². The van der Waals surface area contributed by atoms with E-state index >= 15 is 0 Å². The average Bonchev–Trinajstić information content (AvgIpc) is 3.17. The summed E-state index contributed by atoms with van der Waals surface area (Å²) >= 11 is 4.53. The Hall–Kier alpha value is -1.06. The van der Waals surface area contributed by atoms with Crippen molar-refractivity contribution in [2.45, 2.75) is 25.3 Å². The number of aromatic nitrogens is 1. The van der Waals surface area contributed by atoms with Crippen LogP contribution in [0, 0.1) is 13.8 Å². The van der Waals surface area contributed by atoms with Gasteiger partial charge in [0, 0.05) is 27.4 Å². The first-order valence-electron chi connectivity index (χ1n) is 6.51. The Kier molecular flexibility index (Phi) is 4.47. The fourth-order valence-electron chi connectivity index (χ4n) is 1.96. The largest absolute Gasteiger partial charge is 0.242 e. The van der Waals surface area contributed by atoms with E-state index in [4.69, 9.17) is 0 Å². The molecular formula is C14H14N2O2S4. The summed E-state index contributed by atoms with van der Waals surface area (Å²) in [5.41, 5.74) is 0.950. The maximum absolute atomic E-state index is 12.5. The lowest BCUT2D eigenvalue weighted by molar-refractivity contribution is 0.581. The van der Waals surface area contributed by atoms with Crippen LogP contribution in [-0.4, -0.2) is 13.4 Å². The van der Waals surface area contributed by atoms with E-state index in [-0.39, 0.29) is 0 Å². The molecule has 0 radical (unpaired) electrons. The number of hydrogen-bond donors (Lipinski definition) is 1. The van der Waals surface area contributed by atoms with Gasteiger partial charge < -0.3 is 0 Å². The standard InChI is InChI=1S/C14H14N2O2S4/c1-9-8-20-14(16-9)12-6-13(10(2)21-12)22(17,18)15-7-11-4-3-5-19-11/h3-6,8,15H,7H2,1-2H3. The highest BCUT2D eigenvalue weighted by Gasteiger charge is 2.21. The van der Waals surface area contributed by atoms with Gasteiger partial charge in [-0.1, -0.05) is 6.07 Å². The Balaban J connectivity index is 1.86. The maximum atomic E-state index is 12.5. The van der Waals surface area contributed by atoms with Gasteiger partial charge in [0.1, 0.15) is 5.01 Å². The summed E-state index contributed by atoms with van der Waals surface area (Å²) < 4.78 is 27.6. The van der Waals surface area contributed by atoms with Gasteiger partial charge in [0.2, 0.25) is 10.0 Å². The molecule has 0 bridgehead atoms. The van der Waals surface area contributed by atoms with Crippen molar-refractivity contribution < 1.29 is 8.42 Å². The fourth-order valence-corrected chi connectivity index (χ4v) is 6.15. The minimum Gasteiger partial charge on any atom is -0.241 e. The van der Waals surface area contributed by atoms with Crippen LogP contribution in [0.25, 0.3) is 9.88 Å². The lowest BCUT2D eigenvalue weighted by Gasteiger charge is -2.04. The molecule has 0 aliphatic rings. The quantitative estimate of drug-likeness (QED) is 0.738. The van der Waals surface area contributed by atoms with Crippen LogP contribution in [-0.2, 0) is 16.6 Å². The Morgan fingerprint density at radius 2 is 2.09 bits per heavy atom. The highest BCUT2D eigenvalue weighted by molar-refractivity contribution is 7.89. The van der Waals surface area contributed by atoms with Crippen LogP contribution in [0.2, 0.25) is 0 Å². The summed E-state index contributed by atoms with van der Waals surface area (Å²) in [6.45, 7) is 4.08. The van der Waals surface area contributed by atoms with E-state index in [9.17, 15) is 8.42 Å². The first-order valence-corrected chi connectivity index (χ1v) is 10.6. The van der Waals surface area contributed by atoms with Crippen molar-refractivity contribution in [1.29, 1.82) is 0 Å². The monoisotopic (exact) mass is 370 g/mol. The van der Waals surface area contributed by atoms with Gasteiger partial charge in [0.05, 0.1) is 9.77 Å². The molecule has 0 saturated heterocycles. The molecule has 0 fully saturated rings. The predicted molar refractivity (Wildman–Crippen MR) is 93.2 cm³/mol. The van der Waals surface area contributed by atoms with Crippen LogP contribution in [0.3, 0.4) is 0 Å². The lowest BCUT2D eigenvalue weighted by Crippen LogP contribution is -2.22. The second kappa shape index (κ2) is 6.21. The number of sulfonamides is 1. The van der Waals surface area contributed by atoms with Crippen molar-refractivity contribution in [1.82, 2.24) is 9.71 Å². The molecule has 0 amide bonds. The predicted octanol–water partition coefficient (Wildman–Crippen LogP) is 4.03. The van der Waals surface area contributed by atoms with Crippen molar-refractivity contribution >= 4 is 44.0 Å². The molecule has 3 rings (SSSR count). The van der Waals surface area contributed by atoms with Crippen LogP contribution < -0.4 is 4.72 Å².